The smallest absolute Gasteiger partial charge is 0.191 e. The van der Waals surface area contributed by atoms with Crippen molar-refractivity contribution in [1.82, 2.24) is 10.6 Å². The molecule has 8 heteroatoms. The number of rotatable bonds is 6. The molecule has 6 nitrogen and oxygen atoms in total. The van der Waals surface area contributed by atoms with Crippen molar-refractivity contribution in [2.24, 2.45) is 10.9 Å². The molecule has 1 saturated heterocycles. The van der Waals surface area contributed by atoms with Gasteiger partial charge in [0.25, 0.3) is 0 Å². The van der Waals surface area contributed by atoms with Gasteiger partial charge in [-0.15, -0.1) is 24.0 Å². The summed E-state index contributed by atoms with van der Waals surface area (Å²) in [5.41, 5.74) is 0. The van der Waals surface area contributed by atoms with Crippen LogP contribution in [-0.4, -0.2) is 45.0 Å². The van der Waals surface area contributed by atoms with Crippen molar-refractivity contribution in [1.29, 1.82) is 0 Å². The van der Waals surface area contributed by atoms with Crippen molar-refractivity contribution in [3.8, 4) is 0 Å². The highest BCUT2D eigenvalue weighted by Gasteiger charge is 2.28. The molecule has 1 aromatic rings. The lowest BCUT2D eigenvalue weighted by molar-refractivity contribution is 0.366. The third-order valence-electron chi connectivity index (χ3n) is 5.05. The van der Waals surface area contributed by atoms with Crippen molar-refractivity contribution in [3.05, 3.63) is 24.2 Å². The molecule has 26 heavy (non-hydrogen) atoms. The molecule has 0 spiro atoms. The van der Waals surface area contributed by atoms with E-state index in [9.17, 15) is 8.42 Å². The molecule has 1 aromatic heterocycles. The largest absolute Gasteiger partial charge is 0.469 e. The predicted molar refractivity (Wildman–Crippen MR) is 115 cm³/mol. The Labute approximate surface area is 173 Å². The monoisotopic (exact) mass is 495 g/mol. The topological polar surface area (TPSA) is 83.7 Å². The van der Waals surface area contributed by atoms with Crippen molar-refractivity contribution >= 4 is 39.8 Å². The Hall–Kier alpha value is -0.770. The van der Waals surface area contributed by atoms with E-state index in [2.05, 4.69) is 10.6 Å². The van der Waals surface area contributed by atoms with Gasteiger partial charge in [-0.05, 0) is 37.3 Å². The molecule has 0 aromatic carbocycles. The van der Waals surface area contributed by atoms with Crippen LogP contribution >= 0.6 is 24.0 Å². The van der Waals surface area contributed by atoms with Crippen molar-refractivity contribution < 1.29 is 12.8 Å². The van der Waals surface area contributed by atoms with Gasteiger partial charge in [-0.2, -0.15) is 0 Å². The molecular weight excluding hydrogens is 465 g/mol. The van der Waals surface area contributed by atoms with Crippen LogP contribution in [0.1, 0.15) is 44.3 Å². The fraction of sp³-hybridized carbons (Fsp3) is 0.722. The van der Waals surface area contributed by atoms with E-state index in [1.54, 1.807) is 6.26 Å². The van der Waals surface area contributed by atoms with Crippen LogP contribution in [0.15, 0.2) is 27.8 Å². The lowest BCUT2D eigenvalue weighted by Gasteiger charge is -2.21. The number of nitrogens with one attached hydrogen (secondary N) is 2. The van der Waals surface area contributed by atoms with Gasteiger partial charge in [0.2, 0.25) is 0 Å². The van der Waals surface area contributed by atoms with Crippen LogP contribution in [0.5, 0.6) is 0 Å². The summed E-state index contributed by atoms with van der Waals surface area (Å²) < 4.78 is 28.7. The first-order valence-electron chi connectivity index (χ1n) is 9.38. The molecule has 1 unspecified atom stereocenters. The third kappa shape index (κ3) is 7.09. The van der Waals surface area contributed by atoms with Crippen LogP contribution in [0.4, 0.5) is 0 Å². The summed E-state index contributed by atoms with van der Waals surface area (Å²) in [4.78, 5) is 4.75. The molecule has 0 amide bonds. The van der Waals surface area contributed by atoms with E-state index in [-0.39, 0.29) is 41.5 Å². The van der Waals surface area contributed by atoms with Gasteiger partial charge in [-0.3, -0.25) is 4.99 Å². The summed E-state index contributed by atoms with van der Waals surface area (Å²) in [6.07, 6.45) is 9.56. The van der Waals surface area contributed by atoms with E-state index in [1.807, 2.05) is 12.1 Å². The van der Waals surface area contributed by atoms with Gasteiger partial charge >= 0.3 is 0 Å². The fourth-order valence-corrected chi connectivity index (χ4v) is 5.28. The zero-order valence-corrected chi connectivity index (χ0v) is 18.3. The van der Waals surface area contributed by atoms with Crippen LogP contribution in [0.3, 0.4) is 0 Å². The molecule has 0 bridgehead atoms. The average molecular weight is 495 g/mol. The number of nitrogens with zero attached hydrogens (tertiary/aromatic N) is 1. The summed E-state index contributed by atoms with van der Waals surface area (Å²) in [7, 11) is -2.89. The molecule has 2 N–H and O–H groups in total. The fourth-order valence-electron chi connectivity index (χ4n) is 3.60. The van der Waals surface area contributed by atoms with Gasteiger partial charge in [0, 0.05) is 25.6 Å². The Balaban J connectivity index is 0.00000243. The Bertz CT molecular complexity index is 655. The van der Waals surface area contributed by atoms with Crippen LogP contribution in [0.25, 0.3) is 0 Å². The van der Waals surface area contributed by atoms with Gasteiger partial charge < -0.3 is 15.1 Å². The number of hydrogen-bond acceptors (Lipinski definition) is 4. The Kier molecular flexibility index (Phi) is 8.72. The van der Waals surface area contributed by atoms with Crippen molar-refractivity contribution in [3.63, 3.8) is 0 Å². The number of halogens is 1. The molecular formula is C18H30IN3O3S. The third-order valence-corrected chi connectivity index (χ3v) is 6.82. The molecule has 2 fully saturated rings. The van der Waals surface area contributed by atoms with Crippen molar-refractivity contribution in [2.75, 3.05) is 24.6 Å². The Morgan fingerprint density at radius 2 is 2.04 bits per heavy atom. The minimum absolute atomic E-state index is 0. The number of guanidine groups is 1. The first-order chi connectivity index (χ1) is 12.1. The molecule has 1 saturated carbocycles. The van der Waals surface area contributed by atoms with Gasteiger partial charge in [-0.25, -0.2) is 8.42 Å². The molecule has 2 aliphatic rings. The van der Waals surface area contributed by atoms with E-state index in [0.29, 0.717) is 18.9 Å². The lowest BCUT2D eigenvalue weighted by atomic mass is 9.89. The first kappa shape index (κ1) is 21.5. The number of furan rings is 1. The first-order valence-corrected chi connectivity index (χ1v) is 11.2. The number of aliphatic imine (C=N–C) groups is 1. The van der Waals surface area contributed by atoms with Gasteiger partial charge in [0.05, 0.1) is 17.8 Å². The van der Waals surface area contributed by atoms with Crippen LogP contribution < -0.4 is 10.6 Å². The van der Waals surface area contributed by atoms with Crippen LogP contribution in [0.2, 0.25) is 0 Å². The SMILES string of the molecule is I.O=S1(=O)CCC(NC(=NCC2CCCCC2)NCCc2ccco2)C1. The zero-order chi connectivity index (χ0) is 17.5. The van der Waals surface area contributed by atoms with Crippen molar-refractivity contribution in [2.45, 2.75) is 51.0 Å². The summed E-state index contributed by atoms with van der Waals surface area (Å²) in [5.74, 6) is 2.80. The molecule has 2 heterocycles. The predicted octanol–water partition coefficient (Wildman–Crippen LogP) is 2.74. The second-order valence-electron chi connectivity index (χ2n) is 7.19. The highest BCUT2D eigenvalue weighted by Crippen LogP contribution is 2.23. The quantitative estimate of drug-likeness (QED) is 0.360. The molecule has 0 radical (unpaired) electrons. The molecule has 1 aliphatic carbocycles. The van der Waals surface area contributed by atoms with E-state index in [1.165, 1.54) is 32.1 Å². The Morgan fingerprint density at radius 3 is 2.69 bits per heavy atom. The van der Waals surface area contributed by atoms with E-state index < -0.39 is 9.84 Å². The Morgan fingerprint density at radius 1 is 1.23 bits per heavy atom. The zero-order valence-electron chi connectivity index (χ0n) is 15.2. The summed E-state index contributed by atoms with van der Waals surface area (Å²) in [5, 5.41) is 6.66. The molecule has 1 aliphatic heterocycles. The maximum atomic E-state index is 11.7. The maximum Gasteiger partial charge on any atom is 0.191 e. The highest BCUT2D eigenvalue weighted by atomic mass is 127. The maximum absolute atomic E-state index is 11.7. The standard InChI is InChI=1S/C18H29N3O3S.HI/c22-25(23)12-9-16(14-25)21-18(19-10-8-17-7-4-11-24-17)20-13-15-5-2-1-3-6-15;/h4,7,11,15-16H,1-3,5-6,8-10,12-14H2,(H2,19,20,21);1H. The molecule has 1 atom stereocenters. The van der Waals surface area contributed by atoms with Crippen LogP contribution in [0, 0.1) is 5.92 Å². The summed E-state index contributed by atoms with van der Waals surface area (Å²) in [6.45, 7) is 1.53. The molecule has 148 valence electrons. The average Bonchev–Trinajstić information content (AvgIpc) is 3.23. The van der Waals surface area contributed by atoms with Gasteiger partial charge in [-0.1, -0.05) is 19.3 Å². The van der Waals surface area contributed by atoms with E-state index in [0.717, 1.165) is 24.7 Å². The summed E-state index contributed by atoms with van der Waals surface area (Å²) in [6, 6.07) is 3.80. The normalized spacial score (nSPS) is 23.4. The number of sulfone groups is 1. The minimum atomic E-state index is -2.89. The van der Waals surface area contributed by atoms with Crippen LogP contribution in [-0.2, 0) is 16.3 Å². The molecule has 3 rings (SSSR count). The van der Waals surface area contributed by atoms with Gasteiger partial charge in [0.15, 0.2) is 15.8 Å². The van der Waals surface area contributed by atoms with Gasteiger partial charge in [0.1, 0.15) is 5.76 Å². The second-order valence-corrected chi connectivity index (χ2v) is 9.42. The summed E-state index contributed by atoms with van der Waals surface area (Å²) >= 11 is 0. The second kappa shape index (κ2) is 10.5. The number of hydrogen-bond donors (Lipinski definition) is 2. The van der Waals surface area contributed by atoms with E-state index in [4.69, 9.17) is 9.41 Å². The minimum Gasteiger partial charge on any atom is -0.469 e. The highest BCUT2D eigenvalue weighted by molar-refractivity contribution is 14.0. The van der Waals surface area contributed by atoms with E-state index >= 15 is 0 Å². The lowest BCUT2D eigenvalue weighted by Crippen LogP contribution is -2.45.